The molecule has 0 aliphatic rings. The van der Waals surface area contributed by atoms with E-state index in [2.05, 4.69) is 43.6 Å². The Kier molecular flexibility index (Phi) is 4.98. The highest BCUT2D eigenvalue weighted by Crippen LogP contribution is 2.24. The van der Waals surface area contributed by atoms with Crippen LogP contribution in [0.15, 0.2) is 34.8 Å². The minimum atomic E-state index is -0.404. The van der Waals surface area contributed by atoms with E-state index >= 15 is 0 Å². The second-order valence-corrected chi connectivity index (χ2v) is 5.63. The van der Waals surface area contributed by atoms with Crippen molar-refractivity contribution in [2.24, 2.45) is 0 Å². The Morgan fingerprint density at radius 2 is 2.11 bits per heavy atom. The number of benzene rings is 1. The lowest BCUT2D eigenvalue weighted by Gasteiger charge is -2.03. The van der Waals surface area contributed by atoms with Gasteiger partial charge >= 0.3 is 5.97 Å². The van der Waals surface area contributed by atoms with Crippen LogP contribution in [0.3, 0.4) is 0 Å². The molecule has 0 unspecified atom stereocenters. The van der Waals surface area contributed by atoms with Crippen molar-refractivity contribution in [3.8, 4) is 0 Å². The Morgan fingerprint density at radius 1 is 1.42 bits per heavy atom. The van der Waals surface area contributed by atoms with E-state index in [9.17, 15) is 4.79 Å². The normalized spacial score (nSPS) is 10.5. The summed E-state index contributed by atoms with van der Waals surface area (Å²) in [6.45, 7) is 2.74. The predicted octanol–water partition coefficient (Wildman–Crippen LogP) is 3.48. The molecule has 2 aromatic rings. The van der Waals surface area contributed by atoms with Gasteiger partial charge in [0, 0.05) is 0 Å². The average molecular weight is 435 g/mol. The third kappa shape index (κ3) is 3.36. The van der Waals surface area contributed by atoms with E-state index in [0.29, 0.717) is 23.3 Å². The summed E-state index contributed by atoms with van der Waals surface area (Å²) in [6, 6.07) is 9.98. The largest absolute Gasteiger partial charge is 0.461 e. The fourth-order valence-electron chi connectivity index (χ4n) is 1.61. The topological polar surface area (TPSA) is 44.1 Å². The quantitative estimate of drug-likeness (QED) is 0.546. The number of aromatic nitrogens is 2. The standard InChI is InChI=1S/C13H12BrIN2O2/c1-2-19-13(18)11-10(14)12(15)17(16-11)8-9-6-4-3-5-7-9/h3-7H,2,8H2,1H3. The van der Waals surface area contributed by atoms with Gasteiger partial charge in [-0.2, -0.15) is 5.10 Å². The van der Waals surface area contributed by atoms with Crippen molar-refractivity contribution in [2.75, 3.05) is 6.61 Å². The SMILES string of the molecule is CCOC(=O)c1nn(Cc2ccccc2)c(I)c1Br. The Bertz CT molecular complexity index is 584. The lowest BCUT2D eigenvalue weighted by Crippen LogP contribution is -2.08. The van der Waals surface area contributed by atoms with E-state index in [4.69, 9.17) is 4.74 Å². The number of halogens is 2. The number of hydrogen-bond donors (Lipinski definition) is 0. The molecule has 2 rings (SSSR count). The Balaban J connectivity index is 2.28. The number of esters is 1. The maximum atomic E-state index is 11.8. The van der Waals surface area contributed by atoms with E-state index in [-0.39, 0.29) is 0 Å². The molecule has 0 radical (unpaired) electrons. The monoisotopic (exact) mass is 434 g/mol. The fraction of sp³-hybridized carbons (Fsp3) is 0.231. The van der Waals surface area contributed by atoms with Crippen LogP contribution in [0.4, 0.5) is 0 Å². The predicted molar refractivity (Wildman–Crippen MR) is 84.1 cm³/mol. The van der Waals surface area contributed by atoms with Gasteiger partial charge in [0.1, 0.15) is 3.70 Å². The molecule has 6 heteroatoms. The van der Waals surface area contributed by atoms with E-state index < -0.39 is 5.97 Å². The van der Waals surface area contributed by atoms with Crippen LogP contribution in [0, 0.1) is 3.70 Å². The molecule has 0 amide bonds. The summed E-state index contributed by atoms with van der Waals surface area (Å²) in [6.07, 6.45) is 0. The minimum absolute atomic E-state index is 0.321. The van der Waals surface area contributed by atoms with Crippen LogP contribution < -0.4 is 0 Å². The molecule has 0 aliphatic heterocycles. The molecule has 0 spiro atoms. The molecule has 0 aliphatic carbocycles. The van der Waals surface area contributed by atoms with Crippen molar-refractivity contribution < 1.29 is 9.53 Å². The first-order valence-corrected chi connectivity index (χ1v) is 7.63. The number of hydrogen-bond acceptors (Lipinski definition) is 3. The lowest BCUT2D eigenvalue weighted by molar-refractivity contribution is 0.0517. The van der Waals surface area contributed by atoms with Crippen molar-refractivity contribution in [1.29, 1.82) is 0 Å². The summed E-state index contributed by atoms with van der Waals surface area (Å²) < 4.78 is 8.33. The molecular formula is C13H12BrIN2O2. The van der Waals surface area contributed by atoms with E-state index in [1.54, 1.807) is 11.6 Å². The second kappa shape index (κ2) is 6.51. The Hall–Kier alpha value is -0.890. The summed E-state index contributed by atoms with van der Waals surface area (Å²) in [5.41, 5.74) is 1.45. The first kappa shape index (κ1) is 14.5. The van der Waals surface area contributed by atoms with Crippen LogP contribution in [0.2, 0.25) is 0 Å². The van der Waals surface area contributed by atoms with Crippen molar-refractivity contribution in [3.63, 3.8) is 0 Å². The number of ether oxygens (including phenoxy) is 1. The van der Waals surface area contributed by atoms with Crippen molar-refractivity contribution in [2.45, 2.75) is 13.5 Å². The van der Waals surface area contributed by atoms with Gasteiger partial charge in [0.2, 0.25) is 0 Å². The van der Waals surface area contributed by atoms with E-state index in [1.165, 1.54) is 0 Å². The van der Waals surface area contributed by atoms with Crippen LogP contribution >= 0.6 is 38.5 Å². The second-order valence-electron chi connectivity index (χ2n) is 3.82. The number of nitrogens with zero attached hydrogens (tertiary/aromatic N) is 2. The van der Waals surface area contributed by atoms with Gasteiger partial charge in [-0.25, -0.2) is 4.79 Å². The third-order valence-corrected chi connectivity index (χ3v) is 5.07. The molecular weight excluding hydrogens is 423 g/mol. The molecule has 1 heterocycles. The van der Waals surface area contributed by atoms with Crippen molar-refractivity contribution in [3.05, 3.63) is 49.8 Å². The zero-order valence-corrected chi connectivity index (χ0v) is 14.0. The van der Waals surface area contributed by atoms with E-state index in [1.807, 2.05) is 30.3 Å². The highest BCUT2D eigenvalue weighted by molar-refractivity contribution is 14.1. The van der Waals surface area contributed by atoms with Crippen molar-refractivity contribution >= 4 is 44.5 Å². The molecule has 0 saturated carbocycles. The molecule has 1 aromatic carbocycles. The Morgan fingerprint density at radius 3 is 2.74 bits per heavy atom. The van der Waals surface area contributed by atoms with Crippen LogP contribution in [-0.2, 0) is 11.3 Å². The molecule has 0 bridgehead atoms. The van der Waals surface area contributed by atoms with Gasteiger partial charge in [0.15, 0.2) is 5.69 Å². The maximum absolute atomic E-state index is 11.8. The summed E-state index contributed by atoms with van der Waals surface area (Å²) in [5, 5.41) is 4.31. The zero-order valence-electron chi connectivity index (χ0n) is 10.3. The highest BCUT2D eigenvalue weighted by atomic mass is 127. The lowest BCUT2D eigenvalue weighted by atomic mass is 10.2. The number of carbonyl (C=O) groups excluding carboxylic acids is 1. The molecule has 19 heavy (non-hydrogen) atoms. The molecule has 100 valence electrons. The van der Waals surface area contributed by atoms with Gasteiger partial charge in [0.05, 0.1) is 17.6 Å². The minimum Gasteiger partial charge on any atom is -0.461 e. The van der Waals surface area contributed by atoms with Gasteiger partial charge in [-0.3, -0.25) is 4.68 Å². The smallest absolute Gasteiger partial charge is 0.360 e. The summed E-state index contributed by atoms with van der Waals surface area (Å²) in [5.74, 6) is -0.404. The zero-order chi connectivity index (χ0) is 13.8. The molecule has 4 nitrogen and oxygen atoms in total. The van der Waals surface area contributed by atoms with Gasteiger partial charge < -0.3 is 4.74 Å². The number of rotatable bonds is 4. The van der Waals surface area contributed by atoms with Crippen LogP contribution in [0.5, 0.6) is 0 Å². The summed E-state index contributed by atoms with van der Waals surface area (Å²) >= 11 is 5.55. The van der Waals surface area contributed by atoms with Crippen molar-refractivity contribution in [1.82, 2.24) is 9.78 Å². The maximum Gasteiger partial charge on any atom is 0.360 e. The summed E-state index contributed by atoms with van der Waals surface area (Å²) in [4.78, 5) is 11.8. The highest BCUT2D eigenvalue weighted by Gasteiger charge is 2.20. The Labute approximate surface area is 133 Å². The van der Waals surface area contributed by atoms with Gasteiger partial charge in [-0.1, -0.05) is 30.3 Å². The average Bonchev–Trinajstić information content (AvgIpc) is 2.69. The van der Waals surface area contributed by atoms with Gasteiger partial charge in [0.25, 0.3) is 0 Å². The van der Waals surface area contributed by atoms with Crippen LogP contribution in [0.1, 0.15) is 23.0 Å². The fourth-order valence-corrected chi connectivity index (χ4v) is 2.59. The molecule has 1 aromatic heterocycles. The van der Waals surface area contributed by atoms with Gasteiger partial charge in [-0.15, -0.1) is 0 Å². The molecule has 0 N–H and O–H groups in total. The number of carbonyl (C=O) groups is 1. The third-order valence-electron chi connectivity index (χ3n) is 2.48. The van der Waals surface area contributed by atoms with E-state index in [0.717, 1.165) is 9.26 Å². The molecule has 0 fully saturated rings. The molecule has 0 saturated heterocycles. The molecule has 0 atom stereocenters. The van der Waals surface area contributed by atoms with Crippen LogP contribution in [-0.4, -0.2) is 22.4 Å². The van der Waals surface area contributed by atoms with Gasteiger partial charge in [-0.05, 0) is 51.0 Å². The first-order chi connectivity index (χ1) is 9.13. The first-order valence-electron chi connectivity index (χ1n) is 5.76. The van der Waals surface area contributed by atoms with Crippen LogP contribution in [0.25, 0.3) is 0 Å². The summed E-state index contributed by atoms with van der Waals surface area (Å²) in [7, 11) is 0.